The van der Waals surface area contributed by atoms with Crippen molar-refractivity contribution in [2.45, 2.75) is 18.9 Å². The molecule has 1 fully saturated rings. The van der Waals surface area contributed by atoms with Gasteiger partial charge in [0.05, 0.1) is 23.5 Å². The summed E-state index contributed by atoms with van der Waals surface area (Å²) in [6.07, 6.45) is 5.00. The fraction of sp³-hybridized carbons (Fsp3) is 0.231. The number of aliphatic carboxylic acids is 1. The smallest absolute Gasteiger partial charge is 0.549 e. The predicted octanol–water partition coefficient (Wildman–Crippen LogP) is -0.386. The summed E-state index contributed by atoms with van der Waals surface area (Å²) in [6, 6.07) is 16.8. The van der Waals surface area contributed by atoms with Crippen LogP contribution < -0.4 is 50.2 Å². The van der Waals surface area contributed by atoms with Crippen molar-refractivity contribution >= 4 is 40.5 Å². The van der Waals surface area contributed by atoms with E-state index >= 15 is 0 Å². The molecule has 0 bridgehead atoms. The number of amides is 1. The van der Waals surface area contributed by atoms with E-state index in [4.69, 9.17) is 11.6 Å². The normalized spacial score (nSPS) is 13.8. The molecule has 4 aromatic rings. The molecule has 1 aliphatic heterocycles. The maximum absolute atomic E-state index is 13.2. The van der Waals surface area contributed by atoms with E-state index in [9.17, 15) is 14.7 Å². The third-order valence-electron chi connectivity index (χ3n) is 6.26. The molecular formula is C26H24ClN6NaO3. The molecule has 0 aliphatic carbocycles. The minimum absolute atomic E-state index is 0. The Kier molecular flexibility index (Phi) is 8.83. The molecule has 3 heterocycles. The molecule has 1 aliphatic rings. The average Bonchev–Trinajstić information content (AvgIpc) is 3.31. The molecule has 9 nitrogen and oxygen atoms in total. The zero-order valence-electron chi connectivity index (χ0n) is 20.4. The van der Waals surface area contributed by atoms with Crippen LogP contribution in [0.15, 0.2) is 67.0 Å². The van der Waals surface area contributed by atoms with Crippen LogP contribution in [0.1, 0.15) is 23.3 Å². The van der Waals surface area contributed by atoms with Gasteiger partial charge < -0.3 is 25.4 Å². The van der Waals surface area contributed by atoms with Gasteiger partial charge in [0.1, 0.15) is 5.69 Å². The Bertz CT molecular complexity index is 1420. The summed E-state index contributed by atoms with van der Waals surface area (Å²) in [6.45, 7) is 1.33. The quantitative estimate of drug-likeness (QED) is 0.315. The van der Waals surface area contributed by atoms with Crippen molar-refractivity contribution in [3.05, 3.63) is 77.7 Å². The zero-order chi connectivity index (χ0) is 25.1. The van der Waals surface area contributed by atoms with Crippen molar-refractivity contribution in [1.29, 1.82) is 0 Å². The summed E-state index contributed by atoms with van der Waals surface area (Å²) in [5.41, 5.74) is 4.08. The summed E-state index contributed by atoms with van der Waals surface area (Å²) in [7, 11) is 0. The summed E-state index contributed by atoms with van der Waals surface area (Å²) in [5, 5.41) is 21.7. The van der Waals surface area contributed by atoms with Crippen molar-refractivity contribution < 1.29 is 44.3 Å². The summed E-state index contributed by atoms with van der Waals surface area (Å²) < 4.78 is 1.62. The van der Waals surface area contributed by atoms with E-state index in [1.165, 1.54) is 0 Å². The van der Waals surface area contributed by atoms with Gasteiger partial charge in [-0.25, -0.2) is 9.50 Å². The molecule has 0 spiro atoms. The van der Waals surface area contributed by atoms with Crippen LogP contribution in [0.4, 0.5) is 11.4 Å². The predicted molar refractivity (Wildman–Crippen MR) is 136 cm³/mol. The van der Waals surface area contributed by atoms with Crippen molar-refractivity contribution in [2.24, 2.45) is 0 Å². The molecule has 5 rings (SSSR count). The third kappa shape index (κ3) is 6.31. The zero-order valence-corrected chi connectivity index (χ0v) is 23.1. The molecule has 0 radical (unpaired) electrons. The largest absolute Gasteiger partial charge is 1.00 e. The first-order valence-corrected chi connectivity index (χ1v) is 12.0. The Morgan fingerprint density at radius 1 is 1.08 bits per heavy atom. The second kappa shape index (κ2) is 12.1. The number of halogens is 1. The number of para-hydroxylation sites is 2. The number of benzene rings is 2. The van der Waals surface area contributed by atoms with E-state index in [0.717, 1.165) is 42.7 Å². The number of aromatic nitrogens is 3. The van der Waals surface area contributed by atoms with Gasteiger partial charge in [0.2, 0.25) is 0 Å². The Morgan fingerprint density at radius 2 is 1.86 bits per heavy atom. The second-order valence-electron chi connectivity index (χ2n) is 8.64. The molecule has 0 atom stereocenters. The van der Waals surface area contributed by atoms with Crippen LogP contribution in [0.2, 0.25) is 5.02 Å². The molecule has 1 saturated heterocycles. The maximum Gasteiger partial charge on any atom is 1.00 e. The Labute approximate surface area is 241 Å². The van der Waals surface area contributed by atoms with Gasteiger partial charge in [-0.2, -0.15) is 5.10 Å². The molecule has 1 amide bonds. The monoisotopic (exact) mass is 526 g/mol. The molecule has 0 unspecified atom stereocenters. The van der Waals surface area contributed by atoms with Gasteiger partial charge in [0.25, 0.3) is 5.91 Å². The van der Waals surface area contributed by atoms with Crippen LogP contribution in [0, 0.1) is 0 Å². The number of carboxylic acid groups (broad SMARTS) is 1. The Balaban J connectivity index is 0.00000320. The number of nitrogens with zero attached hydrogens (tertiary/aromatic N) is 4. The molecule has 37 heavy (non-hydrogen) atoms. The van der Waals surface area contributed by atoms with Crippen LogP contribution in [0.25, 0.3) is 16.8 Å². The number of nitrogens with one attached hydrogen (secondary N) is 2. The van der Waals surface area contributed by atoms with Crippen molar-refractivity contribution in [2.75, 3.05) is 29.9 Å². The molecule has 184 valence electrons. The number of carbonyl (C=O) groups is 2. The van der Waals surface area contributed by atoms with Gasteiger partial charge in [0, 0.05) is 42.5 Å². The number of carbonyl (C=O) groups excluding carboxylic acids is 2. The molecule has 2 aromatic heterocycles. The van der Waals surface area contributed by atoms with Gasteiger partial charge in [-0.1, -0.05) is 35.9 Å². The van der Waals surface area contributed by atoms with Crippen molar-refractivity contribution in [3.63, 3.8) is 0 Å². The number of anilines is 2. The van der Waals surface area contributed by atoms with Gasteiger partial charge in [0.15, 0.2) is 5.65 Å². The van der Waals surface area contributed by atoms with Crippen molar-refractivity contribution in [1.82, 2.24) is 19.9 Å². The third-order valence-corrected chi connectivity index (χ3v) is 6.50. The molecular weight excluding hydrogens is 503 g/mol. The summed E-state index contributed by atoms with van der Waals surface area (Å²) >= 11 is 6.15. The van der Waals surface area contributed by atoms with E-state index in [1.807, 2.05) is 42.5 Å². The van der Waals surface area contributed by atoms with Crippen LogP contribution in [-0.2, 0) is 4.79 Å². The fourth-order valence-corrected chi connectivity index (χ4v) is 4.64. The first kappa shape index (κ1) is 27.1. The van der Waals surface area contributed by atoms with Crippen molar-refractivity contribution in [3.8, 4) is 11.1 Å². The van der Waals surface area contributed by atoms with Gasteiger partial charge in [-0.3, -0.25) is 4.79 Å². The first-order chi connectivity index (χ1) is 17.5. The first-order valence-electron chi connectivity index (χ1n) is 11.7. The van der Waals surface area contributed by atoms with Gasteiger partial charge in [-0.15, -0.1) is 0 Å². The SMILES string of the molecule is O=C([O-])CNC1CCN(c2ccccc2NC(=O)c2ccn3ncc(-c4cccc(Cl)c4)c3n2)CC1.[Na+]. The standard InChI is InChI=1S/C26H25ClN6O3.Na/c27-18-5-3-4-17(14-18)20-15-29-33-13-10-22(30-25(20)33)26(36)31-21-6-1-2-7-23(21)32-11-8-19(9-12-32)28-16-24(34)35;/h1-7,10,13-15,19,28H,8-9,11-12,16H2,(H,31,36)(H,34,35);/q;+1/p-1. The number of carboxylic acids is 1. The summed E-state index contributed by atoms with van der Waals surface area (Å²) in [4.78, 5) is 30.7. The number of hydrogen-bond donors (Lipinski definition) is 2. The molecule has 2 aromatic carbocycles. The Morgan fingerprint density at radius 3 is 2.62 bits per heavy atom. The van der Waals surface area contributed by atoms with Crippen LogP contribution in [0.5, 0.6) is 0 Å². The minimum atomic E-state index is -1.10. The number of piperidine rings is 1. The topological polar surface area (TPSA) is 115 Å². The molecule has 0 saturated carbocycles. The molecule has 11 heteroatoms. The van der Waals surface area contributed by atoms with E-state index in [1.54, 1.807) is 29.0 Å². The maximum atomic E-state index is 13.2. The van der Waals surface area contributed by atoms with Crippen LogP contribution in [-0.4, -0.2) is 52.2 Å². The van der Waals surface area contributed by atoms with E-state index in [-0.39, 0.29) is 53.7 Å². The fourth-order valence-electron chi connectivity index (χ4n) is 4.45. The second-order valence-corrected chi connectivity index (χ2v) is 9.07. The van der Waals surface area contributed by atoms with Gasteiger partial charge in [-0.05, 0) is 48.7 Å². The van der Waals surface area contributed by atoms with E-state index < -0.39 is 5.97 Å². The average molecular weight is 527 g/mol. The van der Waals surface area contributed by atoms with E-state index in [2.05, 4.69) is 25.6 Å². The number of hydrogen-bond acceptors (Lipinski definition) is 7. The molecule has 2 N–H and O–H groups in total. The number of rotatable bonds is 7. The van der Waals surface area contributed by atoms with Crippen LogP contribution >= 0.6 is 11.6 Å². The van der Waals surface area contributed by atoms with Gasteiger partial charge >= 0.3 is 29.6 Å². The minimum Gasteiger partial charge on any atom is -0.549 e. The Hall–Kier alpha value is -2.95. The van der Waals surface area contributed by atoms with E-state index in [0.29, 0.717) is 16.4 Å². The summed E-state index contributed by atoms with van der Waals surface area (Å²) in [5.74, 6) is -1.43. The number of fused-ring (bicyclic) bond motifs is 1. The van der Waals surface area contributed by atoms with Crippen LogP contribution in [0.3, 0.4) is 0 Å².